The molecule has 3 fully saturated rings. The number of sulfone groups is 1. The van der Waals surface area contributed by atoms with E-state index in [4.69, 9.17) is 0 Å². The zero-order chi connectivity index (χ0) is 20.6. The van der Waals surface area contributed by atoms with E-state index in [0.717, 1.165) is 32.1 Å². The molecule has 0 bridgehead atoms. The second kappa shape index (κ2) is 7.78. The molecule has 4 amide bonds. The van der Waals surface area contributed by atoms with Crippen molar-refractivity contribution in [1.29, 1.82) is 0 Å². The number of fused-ring (bicyclic) bond motifs is 1. The number of nitrogens with zero attached hydrogens (tertiary/aromatic N) is 3. The molecule has 1 saturated carbocycles. The topological polar surface area (TPSA) is 95.1 Å². The van der Waals surface area contributed by atoms with E-state index in [1.54, 1.807) is 18.2 Å². The number of carbonyl (C=O) groups is 3. The molecule has 1 unspecified atom stereocenters. The normalized spacial score (nSPS) is 23.4. The Hall–Kier alpha value is -2.42. The molecule has 2 aliphatic heterocycles. The molecule has 9 heteroatoms. The van der Waals surface area contributed by atoms with Gasteiger partial charge in [0, 0.05) is 19.1 Å². The predicted octanol–water partition coefficient (Wildman–Crippen LogP) is 1.27. The lowest BCUT2D eigenvalue weighted by Crippen LogP contribution is -2.55. The number of amides is 4. The average molecular weight is 420 g/mol. The Morgan fingerprint density at radius 1 is 1.00 bits per heavy atom. The highest BCUT2D eigenvalue weighted by atomic mass is 32.2. The molecule has 2 heterocycles. The zero-order valence-corrected chi connectivity index (χ0v) is 17.0. The molecular weight excluding hydrogens is 394 g/mol. The van der Waals surface area contributed by atoms with Gasteiger partial charge in [-0.1, -0.05) is 37.5 Å². The Kier molecular flexibility index (Phi) is 5.33. The second-order valence-electron chi connectivity index (χ2n) is 7.90. The van der Waals surface area contributed by atoms with Gasteiger partial charge in [-0.3, -0.25) is 14.5 Å². The summed E-state index contributed by atoms with van der Waals surface area (Å²) in [7, 11) is -3.75. The molecule has 29 heavy (non-hydrogen) atoms. The summed E-state index contributed by atoms with van der Waals surface area (Å²) in [6.45, 7) is 0.531. The maximum absolute atomic E-state index is 12.9. The number of piperazine rings is 1. The minimum atomic E-state index is -3.75. The van der Waals surface area contributed by atoms with Crippen LogP contribution in [0.1, 0.15) is 32.1 Å². The molecule has 0 aromatic heterocycles. The molecule has 3 aliphatic rings. The standard InChI is InChI=1S/C20H25N3O5S/c24-18(14-29(27,28)16-9-5-2-6-10-16)21-11-12-22-17(13-21)19(25)23(20(22)26)15-7-3-1-4-8-15/h2,5-6,9-10,15,17H,1,3-4,7-8,11-14H2. The fourth-order valence-corrected chi connectivity index (χ4v) is 5.73. The quantitative estimate of drug-likeness (QED) is 0.685. The second-order valence-corrected chi connectivity index (χ2v) is 9.89. The van der Waals surface area contributed by atoms with Crippen LogP contribution in [0.3, 0.4) is 0 Å². The third-order valence-corrected chi connectivity index (χ3v) is 7.68. The summed E-state index contributed by atoms with van der Waals surface area (Å²) in [4.78, 5) is 42.8. The van der Waals surface area contributed by atoms with Gasteiger partial charge in [-0.25, -0.2) is 13.2 Å². The molecule has 2 saturated heterocycles. The molecule has 1 aromatic rings. The highest BCUT2D eigenvalue weighted by Crippen LogP contribution is 2.30. The van der Waals surface area contributed by atoms with Crippen LogP contribution in [0.2, 0.25) is 0 Å². The van der Waals surface area contributed by atoms with Crippen molar-refractivity contribution < 1.29 is 22.8 Å². The number of urea groups is 1. The van der Waals surface area contributed by atoms with Crippen LogP contribution >= 0.6 is 0 Å². The highest BCUT2D eigenvalue weighted by Gasteiger charge is 2.50. The van der Waals surface area contributed by atoms with Crippen LogP contribution in [0.4, 0.5) is 4.79 Å². The van der Waals surface area contributed by atoms with E-state index in [1.165, 1.54) is 26.8 Å². The van der Waals surface area contributed by atoms with Gasteiger partial charge in [-0.15, -0.1) is 0 Å². The first-order valence-corrected chi connectivity index (χ1v) is 11.7. The van der Waals surface area contributed by atoms with E-state index in [0.29, 0.717) is 0 Å². The van der Waals surface area contributed by atoms with Crippen LogP contribution in [0.15, 0.2) is 35.2 Å². The van der Waals surface area contributed by atoms with Gasteiger partial charge in [0.05, 0.1) is 11.4 Å². The smallest absolute Gasteiger partial charge is 0.327 e. The molecule has 4 rings (SSSR count). The van der Waals surface area contributed by atoms with Gasteiger partial charge >= 0.3 is 6.03 Å². The number of rotatable bonds is 4. The Morgan fingerprint density at radius 2 is 1.69 bits per heavy atom. The number of hydrogen-bond donors (Lipinski definition) is 0. The van der Waals surface area contributed by atoms with Crippen LogP contribution in [-0.4, -0.2) is 78.4 Å². The third kappa shape index (κ3) is 3.75. The van der Waals surface area contributed by atoms with Crippen molar-refractivity contribution in [2.24, 2.45) is 0 Å². The van der Waals surface area contributed by atoms with E-state index < -0.39 is 27.5 Å². The lowest BCUT2D eigenvalue weighted by Gasteiger charge is -2.35. The van der Waals surface area contributed by atoms with Gasteiger partial charge in [0.15, 0.2) is 9.84 Å². The number of hydrogen-bond acceptors (Lipinski definition) is 5. The Labute approximate surface area is 170 Å². The Balaban J connectivity index is 1.44. The summed E-state index contributed by atoms with van der Waals surface area (Å²) in [6, 6.07) is 6.82. The molecule has 1 atom stereocenters. The molecule has 1 aromatic carbocycles. The lowest BCUT2D eigenvalue weighted by atomic mass is 9.94. The molecule has 0 radical (unpaired) electrons. The Bertz CT molecular complexity index is 911. The zero-order valence-electron chi connectivity index (χ0n) is 16.2. The number of benzene rings is 1. The third-order valence-electron chi connectivity index (χ3n) is 6.06. The van der Waals surface area contributed by atoms with Gasteiger partial charge in [0.1, 0.15) is 11.8 Å². The molecule has 8 nitrogen and oxygen atoms in total. The minimum Gasteiger partial charge on any atom is -0.337 e. The van der Waals surface area contributed by atoms with Crippen LogP contribution in [0, 0.1) is 0 Å². The van der Waals surface area contributed by atoms with Crippen LogP contribution < -0.4 is 0 Å². The van der Waals surface area contributed by atoms with Gasteiger partial charge in [0.2, 0.25) is 5.91 Å². The largest absolute Gasteiger partial charge is 0.337 e. The van der Waals surface area contributed by atoms with Gasteiger partial charge in [-0.05, 0) is 25.0 Å². The maximum Gasteiger partial charge on any atom is 0.327 e. The van der Waals surface area contributed by atoms with Crippen molar-refractivity contribution in [1.82, 2.24) is 14.7 Å². The van der Waals surface area contributed by atoms with Crippen molar-refractivity contribution in [3.8, 4) is 0 Å². The average Bonchev–Trinajstić information content (AvgIpc) is 2.99. The van der Waals surface area contributed by atoms with E-state index in [9.17, 15) is 22.8 Å². The summed E-state index contributed by atoms with van der Waals surface area (Å²) < 4.78 is 25.0. The fraction of sp³-hybridized carbons (Fsp3) is 0.550. The molecule has 0 N–H and O–H groups in total. The first-order valence-electron chi connectivity index (χ1n) is 10.1. The lowest BCUT2D eigenvalue weighted by molar-refractivity contribution is -0.135. The molecule has 0 spiro atoms. The fourth-order valence-electron chi connectivity index (χ4n) is 4.48. The first-order chi connectivity index (χ1) is 13.9. The molecular formula is C20H25N3O5S. The minimum absolute atomic E-state index is 0.0525. The first kappa shape index (κ1) is 19.9. The van der Waals surface area contributed by atoms with Crippen molar-refractivity contribution in [3.05, 3.63) is 30.3 Å². The van der Waals surface area contributed by atoms with Gasteiger partial charge in [0.25, 0.3) is 5.91 Å². The SMILES string of the molecule is O=C(CS(=O)(=O)c1ccccc1)N1CCN2C(=O)N(C3CCCCC3)C(=O)C2C1. The number of carbonyl (C=O) groups excluding carboxylic acids is 3. The van der Waals surface area contributed by atoms with Crippen molar-refractivity contribution in [2.45, 2.75) is 49.1 Å². The number of imide groups is 1. The summed E-state index contributed by atoms with van der Waals surface area (Å²) in [5.74, 6) is -1.44. The Morgan fingerprint density at radius 3 is 2.38 bits per heavy atom. The summed E-state index contributed by atoms with van der Waals surface area (Å²) in [5.41, 5.74) is 0. The maximum atomic E-state index is 12.9. The van der Waals surface area contributed by atoms with Gasteiger partial charge < -0.3 is 9.80 Å². The van der Waals surface area contributed by atoms with Crippen molar-refractivity contribution in [3.63, 3.8) is 0 Å². The van der Waals surface area contributed by atoms with Crippen LogP contribution in [-0.2, 0) is 19.4 Å². The van der Waals surface area contributed by atoms with E-state index in [1.807, 2.05) is 0 Å². The highest BCUT2D eigenvalue weighted by molar-refractivity contribution is 7.92. The van der Waals surface area contributed by atoms with Crippen LogP contribution in [0.5, 0.6) is 0 Å². The van der Waals surface area contributed by atoms with Crippen molar-refractivity contribution in [2.75, 3.05) is 25.4 Å². The van der Waals surface area contributed by atoms with Gasteiger partial charge in [-0.2, -0.15) is 0 Å². The monoisotopic (exact) mass is 419 g/mol. The van der Waals surface area contributed by atoms with E-state index >= 15 is 0 Å². The summed E-state index contributed by atoms with van der Waals surface area (Å²) in [5, 5.41) is 0. The van der Waals surface area contributed by atoms with Crippen LogP contribution in [0.25, 0.3) is 0 Å². The predicted molar refractivity (Wildman–Crippen MR) is 105 cm³/mol. The van der Waals surface area contributed by atoms with Crippen molar-refractivity contribution >= 4 is 27.7 Å². The summed E-state index contributed by atoms with van der Waals surface area (Å²) >= 11 is 0. The van der Waals surface area contributed by atoms with E-state index in [-0.39, 0.29) is 42.5 Å². The molecule has 156 valence electrons. The molecule has 1 aliphatic carbocycles. The van der Waals surface area contributed by atoms with E-state index in [2.05, 4.69) is 0 Å². The summed E-state index contributed by atoms with van der Waals surface area (Å²) in [6.07, 6.45) is 4.80.